The van der Waals surface area contributed by atoms with Gasteiger partial charge in [-0.15, -0.1) is 0 Å². The van der Waals surface area contributed by atoms with Crippen molar-refractivity contribution in [3.8, 4) is 5.88 Å². The number of hydrogen-bond acceptors (Lipinski definition) is 4. The Balaban J connectivity index is 1.97. The molecule has 1 aromatic heterocycles. The number of guanidine groups is 1. The Bertz CT molecular complexity index is 586. The molecule has 1 aliphatic carbocycles. The maximum Gasteiger partial charge on any atom is 0.218 e. The molecule has 0 saturated heterocycles. The van der Waals surface area contributed by atoms with Crippen LogP contribution in [-0.4, -0.2) is 41.9 Å². The van der Waals surface area contributed by atoms with Crippen LogP contribution in [0, 0.1) is 11.8 Å². The summed E-state index contributed by atoms with van der Waals surface area (Å²) in [5.41, 5.74) is 1.01. The number of aliphatic imine (C=N–C) groups is 1. The molecule has 1 aliphatic rings. The van der Waals surface area contributed by atoms with Crippen molar-refractivity contribution < 1.29 is 9.84 Å². The van der Waals surface area contributed by atoms with E-state index in [1.165, 1.54) is 12.8 Å². The lowest BCUT2D eigenvalue weighted by Gasteiger charge is -2.20. The number of hydrogen-bond donors (Lipinski definition) is 3. The number of nitrogens with zero attached hydrogens (tertiary/aromatic N) is 2. The molecule has 28 heavy (non-hydrogen) atoms. The van der Waals surface area contributed by atoms with Gasteiger partial charge in [0.2, 0.25) is 5.88 Å². The first-order valence-corrected chi connectivity index (χ1v) is 10.9. The zero-order valence-corrected chi connectivity index (χ0v) is 17.8. The molecule has 0 bridgehead atoms. The summed E-state index contributed by atoms with van der Waals surface area (Å²) in [5.74, 6) is 2.56. The number of rotatable bonds is 11. The number of pyridine rings is 1. The minimum Gasteiger partial charge on any atom is -0.474 e. The van der Waals surface area contributed by atoms with E-state index in [2.05, 4.69) is 36.4 Å². The van der Waals surface area contributed by atoms with Gasteiger partial charge in [0, 0.05) is 31.5 Å². The summed E-state index contributed by atoms with van der Waals surface area (Å²) >= 11 is 0. The SMILES string of the molecule is CCNC(=NCc1cccnc1OC1CCCC1)NCC(CCO)CC(C)C. The fraction of sp³-hybridized carbons (Fsp3) is 0.727. The van der Waals surface area contributed by atoms with E-state index in [0.717, 1.165) is 50.3 Å². The summed E-state index contributed by atoms with van der Waals surface area (Å²) < 4.78 is 6.12. The Morgan fingerprint density at radius 3 is 2.79 bits per heavy atom. The maximum atomic E-state index is 9.32. The van der Waals surface area contributed by atoms with Gasteiger partial charge in [-0.05, 0) is 63.4 Å². The van der Waals surface area contributed by atoms with Gasteiger partial charge in [-0.3, -0.25) is 0 Å². The third kappa shape index (κ3) is 8.05. The van der Waals surface area contributed by atoms with Crippen molar-refractivity contribution in [3.63, 3.8) is 0 Å². The highest BCUT2D eigenvalue weighted by molar-refractivity contribution is 5.79. The summed E-state index contributed by atoms with van der Waals surface area (Å²) in [4.78, 5) is 9.18. The predicted molar refractivity (Wildman–Crippen MR) is 115 cm³/mol. The van der Waals surface area contributed by atoms with Crippen LogP contribution >= 0.6 is 0 Å². The first-order chi connectivity index (χ1) is 13.6. The molecular weight excluding hydrogens is 352 g/mol. The average Bonchev–Trinajstić information content (AvgIpc) is 3.18. The molecule has 1 atom stereocenters. The van der Waals surface area contributed by atoms with Gasteiger partial charge in [-0.2, -0.15) is 0 Å². The molecule has 6 heteroatoms. The molecule has 158 valence electrons. The monoisotopic (exact) mass is 390 g/mol. The zero-order chi connectivity index (χ0) is 20.2. The molecule has 1 heterocycles. The molecule has 0 spiro atoms. The quantitative estimate of drug-likeness (QED) is 0.398. The molecule has 1 unspecified atom stereocenters. The maximum absolute atomic E-state index is 9.32. The lowest BCUT2D eigenvalue weighted by Crippen LogP contribution is -2.40. The number of nitrogens with one attached hydrogen (secondary N) is 2. The molecule has 6 nitrogen and oxygen atoms in total. The van der Waals surface area contributed by atoms with E-state index in [9.17, 15) is 5.11 Å². The molecular formula is C22H38N4O2. The van der Waals surface area contributed by atoms with Gasteiger partial charge in [-0.1, -0.05) is 19.9 Å². The minimum atomic E-state index is 0.226. The van der Waals surface area contributed by atoms with Crippen LogP contribution < -0.4 is 15.4 Å². The fourth-order valence-electron chi connectivity index (χ4n) is 3.71. The Kier molecular flexibility index (Phi) is 10.1. The largest absolute Gasteiger partial charge is 0.474 e. The molecule has 2 rings (SSSR count). The second-order valence-corrected chi connectivity index (χ2v) is 8.08. The number of ether oxygens (including phenoxy) is 1. The number of aliphatic hydroxyl groups is 1. The average molecular weight is 391 g/mol. The highest BCUT2D eigenvalue weighted by Gasteiger charge is 2.18. The van der Waals surface area contributed by atoms with Crippen molar-refractivity contribution in [3.05, 3.63) is 23.9 Å². The van der Waals surface area contributed by atoms with E-state index in [1.54, 1.807) is 6.20 Å². The molecule has 3 N–H and O–H groups in total. The molecule has 0 radical (unpaired) electrons. The van der Waals surface area contributed by atoms with E-state index < -0.39 is 0 Å². The minimum absolute atomic E-state index is 0.226. The molecule has 1 fully saturated rings. The van der Waals surface area contributed by atoms with Gasteiger partial charge in [0.05, 0.1) is 6.54 Å². The van der Waals surface area contributed by atoms with Crippen LogP contribution in [0.2, 0.25) is 0 Å². The van der Waals surface area contributed by atoms with Gasteiger partial charge in [0.15, 0.2) is 5.96 Å². The molecule has 1 aromatic rings. The van der Waals surface area contributed by atoms with Crippen molar-refractivity contribution >= 4 is 5.96 Å². The van der Waals surface area contributed by atoms with E-state index in [-0.39, 0.29) is 6.61 Å². The molecule has 0 amide bonds. The summed E-state index contributed by atoms with van der Waals surface area (Å²) in [6, 6.07) is 3.98. The first-order valence-electron chi connectivity index (χ1n) is 10.9. The van der Waals surface area contributed by atoms with Crippen LogP contribution in [0.5, 0.6) is 5.88 Å². The van der Waals surface area contributed by atoms with Crippen LogP contribution in [0.3, 0.4) is 0 Å². The van der Waals surface area contributed by atoms with Crippen molar-refractivity contribution in [2.24, 2.45) is 16.8 Å². The molecule has 0 aromatic carbocycles. The first kappa shape index (κ1) is 22.5. The van der Waals surface area contributed by atoms with Crippen molar-refractivity contribution in [2.45, 2.75) is 71.9 Å². The van der Waals surface area contributed by atoms with Crippen LogP contribution in [0.1, 0.15) is 64.9 Å². The second-order valence-electron chi connectivity index (χ2n) is 8.08. The van der Waals surface area contributed by atoms with Crippen LogP contribution in [0.25, 0.3) is 0 Å². The highest BCUT2D eigenvalue weighted by atomic mass is 16.5. The van der Waals surface area contributed by atoms with Gasteiger partial charge >= 0.3 is 0 Å². The highest BCUT2D eigenvalue weighted by Crippen LogP contribution is 2.25. The van der Waals surface area contributed by atoms with Crippen LogP contribution in [-0.2, 0) is 6.54 Å². The van der Waals surface area contributed by atoms with Crippen LogP contribution in [0.4, 0.5) is 0 Å². The predicted octanol–water partition coefficient (Wildman–Crippen LogP) is 3.50. The van der Waals surface area contributed by atoms with Gasteiger partial charge in [0.25, 0.3) is 0 Å². The second kappa shape index (κ2) is 12.6. The number of aliphatic hydroxyl groups excluding tert-OH is 1. The Morgan fingerprint density at radius 1 is 1.32 bits per heavy atom. The summed E-state index contributed by atoms with van der Waals surface area (Å²) in [6.45, 7) is 8.87. The van der Waals surface area contributed by atoms with Gasteiger partial charge < -0.3 is 20.5 Å². The smallest absolute Gasteiger partial charge is 0.218 e. The van der Waals surface area contributed by atoms with E-state index in [1.807, 2.05) is 12.1 Å². The standard InChI is InChI=1S/C22H38N4O2/c1-4-23-22(25-15-18(11-13-27)14-17(2)3)26-16-19-8-7-12-24-21(19)28-20-9-5-6-10-20/h7-8,12,17-18,20,27H,4-6,9-11,13-16H2,1-3H3,(H2,23,25,26). The van der Waals surface area contributed by atoms with E-state index in [4.69, 9.17) is 9.73 Å². The molecule has 1 saturated carbocycles. The van der Waals surface area contributed by atoms with E-state index >= 15 is 0 Å². The van der Waals surface area contributed by atoms with Gasteiger partial charge in [0.1, 0.15) is 6.10 Å². The molecule has 0 aliphatic heterocycles. The Labute approximate surface area is 170 Å². The topological polar surface area (TPSA) is 78.8 Å². The summed E-state index contributed by atoms with van der Waals surface area (Å²) in [5, 5.41) is 16.1. The van der Waals surface area contributed by atoms with Crippen molar-refractivity contribution in [1.29, 1.82) is 0 Å². The van der Waals surface area contributed by atoms with Crippen LogP contribution in [0.15, 0.2) is 23.3 Å². The van der Waals surface area contributed by atoms with Crippen molar-refractivity contribution in [2.75, 3.05) is 19.7 Å². The van der Waals surface area contributed by atoms with Crippen molar-refractivity contribution in [1.82, 2.24) is 15.6 Å². The van der Waals surface area contributed by atoms with E-state index in [0.29, 0.717) is 30.4 Å². The third-order valence-corrected chi connectivity index (χ3v) is 5.08. The number of aromatic nitrogens is 1. The Morgan fingerprint density at radius 2 is 2.11 bits per heavy atom. The summed E-state index contributed by atoms with van der Waals surface area (Å²) in [7, 11) is 0. The lowest BCUT2D eigenvalue weighted by atomic mass is 9.94. The normalized spacial score (nSPS) is 16.4. The fourth-order valence-corrected chi connectivity index (χ4v) is 3.71. The Hall–Kier alpha value is -1.82. The third-order valence-electron chi connectivity index (χ3n) is 5.08. The lowest BCUT2D eigenvalue weighted by molar-refractivity contribution is 0.199. The summed E-state index contributed by atoms with van der Waals surface area (Å²) in [6.07, 6.45) is 8.69. The van der Waals surface area contributed by atoms with Gasteiger partial charge in [-0.25, -0.2) is 9.98 Å². The zero-order valence-electron chi connectivity index (χ0n) is 17.8.